The van der Waals surface area contributed by atoms with E-state index >= 15 is 0 Å². The molecule has 0 aliphatic carbocycles. The summed E-state index contributed by atoms with van der Waals surface area (Å²) in [6, 6.07) is 18.2. The molecule has 1 amide bonds. The van der Waals surface area contributed by atoms with E-state index in [0.717, 1.165) is 16.7 Å². The van der Waals surface area contributed by atoms with Crippen LogP contribution in [0.2, 0.25) is 0 Å². The summed E-state index contributed by atoms with van der Waals surface area (Å²) in [5, 5.41) is 11.6. The summed E-state index contributed by atoms with van der Waals surface area (Å²) in [7, 11) is 0. The highest BCUT2D eigenvalue weighted by atomic mass is 16.6. The second kappa shape index (κ2) is 8.05. The zero-order valence-corrected chi connectivity index (χ0v) is 18.6. The maximum absolute atomic E-state index is 13.6. The maximum Gasteiger partial charge on any atom is 0.264 e. The third-order valence-corrected chi connectivity index (χ3v) is 6.35. The highest BCUT2D eigenvalue weighted by molar-refractivity contribution is 6.10. The van der Waals surface area contributed by atoms with Gasteiger partial charge >= 0.3 is 0 Å². The van der Waals surface area contributed by atoms with Gasteiger partial charge in [-0.15, -0.1) is 0 Å². The number of fused-ring (bicyclic) bond motifs is 2. The third kappa shape index (κ3) is 3.66. The van der Waals surface area contributed by atoms with Gasteiger partial charge in [0.15, 0.2) is 22.9 Å². The minimum atomic E-state index is -1.93. The largest absolute Gasteiger partial charge is 0.486 e. The zero-order valence-electron chi connectivity index (χ0n) is 18.6. The van der Waals surface area contributed by atoms with Crippen LogP contribution in [0.1, 0.15) is 39.0 Å². The number of amides is 1. The van der Waals surface area contributed by atoms with Gasteiger partial charge in [-0.05, 0) is 49.2 Å². The van der Waals surface area contributed by atoms with Crippen LogP contribution in [-0.4, -0.2) is 30.0 Å². The van der Waals surface area contributed by atoms with E-state index < -0.39 is 11.5 Å². The van der Waals surface area contributed by atoms with E-state index in [1.54, 1.807) is 35.2 Å². The van der Waals surface area contributed by atoms with Gasteiger partial charge in [0.05, 0.1) is 18.7 Å². The fraction of sp³-hybridized carbons (Fsp3) is 0.259. The van der Waals surface area contributed by atoms with Gasteiger partial charge in [0, 0.05) is 11.1 Å². The monoisotopic (exact) mass is 443 g/mol. The Kier molecular flexibility index (Phi) is 5.17. The SMILES string of the molecule is Cc1ccc(C)c(CN2C(=O)[C@@](O)(CC(=O)c3ccc4c(c3)OCCO4)c3ccccc32)c1. The van der Waals surface area contributed by atoms with Crippen molar-refractivity contribution in [3.63, 3.8) is 0 Å². The molecule has 0 saturated heterocycles. The second-order valence-corrected chi connectivity index (χ2v) is 8.66. The number of carbonyl (C=O) groups excluding carboxylic acids is 2. The summed E-state index contributed by atoms with van der Waals surface area (Å²) in [6.07, 6.45) is -0.355. The smallest absolute Gasteiger partial charge is 0.264 e. The molecule has 0 aromatic heterocycles. The average Bonchev–Trinajstić information content (AvgIpc) is 3.03. The number of aryl methyl sites for hydroxylation is 2. The fourth-order valence-electron chi connectivity index (χ4n) is 4.53. The average molecular weight is 443 g/mol. The van der Waals surface area contributed by atoms with Gasteiger partial charge in [-0.25, -0.2) is 0 Å². The Hall–Kier alpha value is -3.64. The first-order chi connectivity index (χ1) is 15.9. The molecule has 2 heterocycles. The van der Waals surface area contributed by atoms with E-state index in [0.29, 0.717) is 48.1 Å². The summed E-state index contributed by atoms with van der Waals surface area (Å²) >= 11 is 0. The zero-order chi connectivity index (χ0) is 23.2. The molecule has 2 aliphatic heterocycles. The molecule has 0 bridgehead atoms. The number of rotatable bonds is 5. The minimum Gasteiger partial charge on any atom is -0.486 e. The summed E-state index contributed by atoms with van der Waals surface area (Å²) in [5.74, 6) is 0.244. The number of ketones is 1. The molecular weight excluding hydrogens is 418 g/mol. The standard InChI is InChI=1S/C27H25NO5/c1-17-7-8-18(2)20(13-17)16-28-22-6-4-3-5-21(22)27(31,26(28)30)15-23(29)19-9-10-24-25(14-19)33-12-11-32-24/h3-10,13-14,31H,11-12,15-16H2,1-2H3/t27-/m1/s1. The Bertz CT molecular complexity index is 1270. The number of para-hydroxylation sites is 1. The van der Waals surface area contributed by atoms with Crippen LogP contribution in [0.5, 0.6) is 11.5 Å². The Morgan fingerprint density at radius 3 is 2.58 bits per heavy atom. The van der Waals surface area contributed by atoms with Crippen molar-refractivity contribution in [2.24, 2.45) is 0 Å². The van der Waals surface area contributed by atoms with Crippen LogP contribution in [0.25, 0.3) is 0 Å². The van der Waals surface area contributed by atoms with Gasteiger partial charge in [0.25, 0.3) is 5.91 Å². The first-order valence-corrected chi connectivity index (χ1v) is 11.0. The lowest BCUT2D eigenvalue weighted by Gasteiger charge is -2.24. The molecule has 1 N–H and O–H groups in total. The topological polar surface area (TPSA) is 76.1 Å². The number of aliphatic hydroxyl groups is 1. The van der Waals surface area contributed by atoms with Crippen molar-refractivity contribution in [1.82, 2.24) is 0 Å². The predicted octanol–water partition coefficient (Wildman–Crippen LogP) is 4.08. The van der Waals surface area contributed by atoms with Crippen molar-refractivity contribution in [1.29, 1.82) is 0 Å². The second-order valence-electron chi connectivity index (χ2n) is 8.66. The van der Waals surface area contributed by atoms with E-state index in [4.69, 9.17) is 9.47 Å². The molecule has 3 aromatic rings. The van der Waals surface area contributed by atoms with Crippen LogP contribution in [0.15, 0.2) is 60.7 Å². The van der Waals surface area contributed by atoms with Crippen LogP contribution >= 0.6 is 0 Å². The van der Waals surface area contributed by atoms with Crippen molar-refractivity contribution in [3.8, 4) is 11.5 Å². The molecule has 3 aromatic carbocycles. The lowest BCUT2D eigenvalue weighted by atomic mass is 9.88. The van der Waals surface area contributed by atoms with Crippen molar-refractivity contribution >= 4 is 17.4 Å². The molecule has 0 spiro atoms. The number of benzene rings is 3. The number of nitrogens with zero attached hydrogens (tertiary/aromatic N) is 1. The van der Waals surface area contributed by atoms with E-state index in [2.05, 4.69) is 0 Å². The Balaban J connectivity index is 1.46. The van der Waals surface area contributed by atoms with Crippen LogP contribution in [-0.2, 0) is 16.9 Å². The van der Waals surface area contributed by atoms with Crippen LogP contribution < -0.4 is 14.4 Å². The van der Waals surface area contributed by atoms with Crippen molar-refractivity contribution in [3.05, 3.63) is 88.5 Å². The highest BCUT2D eigenvalue weighted by Gasteiger charge is 2.50. The highest BCUT2D eigenvalue weighted by Crippen LogP contribution is 2.44. The molecule has 0 fully saturated rings. The van der Waals surface area contributed by atoms with E-state index in [9.17, 15) is 14.7 Å². The van der Waals surface area contributed by atoms with E-state index in [-0.39, 0.29) is 12.2 Å². The fourth-order valence-corrected chi connectivity index (χ4v) is 4.53. The molecule has 0 unspecified atom stereocenters. The minimum absolute atomic E-state index is 0.323. The quantitative estimate of drug-likeness (QED) is 0.602. The summed E-state index contributed by atoms with van der Waals surface area (Å²) in [4.78, 5) is 28.3. The normalized spacial score (nSPS) is 18.9. The number of hydrogen-bond donors (Lipinski definition) is 1. The number of Topliss-reactive ketones (excluding diaryl/α,β-unsaturated/α-hetero) is 1. The number of ether oxygens (including phenoxy) is 2. The molecule has 6 heteroatoms. The van der Waals surface area contributed by atoms with Gasteiger partial charge in [-0.2, -0.15) is 0 Å². The maximum atomic E-state index is 13.6. The van der Waals surface area contributed by atoms with Gasteiger partial charge in [0.1, 0.15) is 13.2 Å². The third-order valence-electron chi connectivity index (χ3n) is 6.35. The Labute approximate surface area is 192 Å². The first-order valence-electron chi connectivity index (χ1n) is 11.0. The Morgan fingerprint density at radius 1 is 1.00 bits per heavy atom. The van der Waals surface area contributed by atoms with Gasteiger partial charge in [-0.1, -0.05) is 42.0 Å². The van der Waals surface area contributed by atoms with Crippen molar-refractivity contribution in [2.75, 3.05) is 18.1 Å². The molecule has 5 rings (SSSR count). The lowest BCUT2D eigenvalue weighted by molar-refractivity contribution is -0.136. The lowest BCUT2D eigenvalue weighted by Crippen LogP contribution is -2.41. The number of hydrogen-bond acceptors (Lipinski definition) is 5. The summed E-state index contributed by atoms with van der Waals surface area (Å²) in [6.45, 7) is 5.20. The number of carbonyl (C=O) groups is 2. The molecule has 0 saturated carbocycles. The van der Waals surface area contributed by atoms with E-state index in [1.807, 2.05) is 44.2 Å². The van der Waals surface area contributed by atoms with Crippen LogP contribution in [0, 0.1) is 13.8 Å². The molecule has 33 heavy (non-hydrogen) atoms. The van der Waals surface area contributed by atoms with Gasteiger partial charge in [0.2, 0.25) is 0 Å². The number of anilines is 1. The Morgan fingerprint density at radius 2 is 1.76 bits per heavy atom. The summed E-state index contributed by atoms with van der Waals surface area (Å²) < 4.78 is 11.1. The van der Waals surface area contributed by atoms with Gasteiger partial charge < -0.3 is 19.5 Å². The summed E-state index contributed by atoms with van der Waals surface area (Å²) in [5.41, 5.74) is 2.67. The van der Waals surface area contributed by atoms with Crippen LogP contribution in [0.4, 0.5) is 5.69 Å². The molecule has 1 atom stereocenters. The van der Waals surface area contributed by atoms with Gasteiger partial charge in [-0.3, -0.25) is 9.59 Å². The van der Waals surface area contributed by atoms with Crippen molar-refractivity contribution in [2.45, 2.75) is 32.4 Å². The molecule has 168 valence electrons. The molecule has 6 nitrogen and oxygen atoms in total. The van der Waals surface area contributed by atoms with Crippen LogP contribution in [0.3, 0.4) is 0 Å². The molecular formula is C27H25NO5. The first kappa shape index (κ1) is 21.2. The molecule has 0 radical (unpaired) electrons. The molecule has 2 aliphatic rings. The van der Waals surface area contributed by atoms with E-state index in [1.165, 1.54) is 0 Å². The predicted molar refractivity (Wildman–Crippen MR) is 124 cm³/mol. The van der Waals surface area contributed by atoms with Crippen molar-refractivity contribution < 1.29 is 24.2 Å².